The third-order valence-electron chi connectivity index (χ3n) is 3.30. The van der Waals surface area contributed by atoms with Crippen LogP contribution in [0.4, 0.5) is 10.5 Å². The van der Waals surface area contributed by atoms with E-state index in [0.29, 0.717) is 11.4 Å². The third kappa shape index (κ3) is 5.20. The van der Waals surface area contributed by atoms with Gasteiger partial charge in [0.25, 0.3) is 0 Å². The van der Waals surface area contributed by atoms with Crippen LogP contribution in [-0.4, -0.2) is 30.3 Å². The van der Waals surface area contributed by atoms with Crippen LogP contribution >= 0.6 is 0 Å². The summed E-state index contributed by atoms with van der Waals surface area (Å²) >= 11 is 0. The molecule has 2 aromatic rings. The van der Waals surface area contributed by atoms with E-state index < -0.39 is 18.0 Å². The molecule has 4 N–H and O–H groups in total. The fraction of sp³-hybridized carbons (Fsp3) is 0.176. The van der Waals surface area contributed by atoms with Crippen LogP contribution in [0.2, 0.25) is 0 Å². The molecular formula is C17H19N3O4. The van der Waals surface area contributed by atoms with Gasteiger partial charge in [-0.3, -0.25) is 10.9 Å². The highest BCUT2D eigenvalue weighted by atomic mass is 16.5. The summed E-state index contributed by atoms with van der Waals surface area (Å²) in [6, 6.07) is 14.4. The van der Waals surface area contributed by atoms with Crippen molar-refractivity contribution >= 4 is 17.7 Å². The van der Waals surface area contributed by atoms with Crippen LogP contribution in [0.25, 0.3) is 0 Å². The van der Waals surface area contributed by atoms with Crippen molar-refractivity contribution in [1.82, 2.24) is 10.7 Å². The lowest BCUT2D eigenvalue weighted by Crippen LogP contribution is -2.48. The average Bonchev–Trinajstić information content (AvgIpc) is 2.60. The molecule has 2 aromatic carbocycles. The highest BCUT2D eigenvalue weighted by molar-refractivity contribution is 5.83. The maximum Gasteiger partial charge on any atom is 0.334 e. The maximum absolute atomic E-state index is 11.9. The van der Waals surface area contributed by atoms with Crippen LogP contribution in [0.3, 0.4) is 0 Å². The number of carboxylic acids is 1. The normalized spacial score (nSPS) is 11.2. The SMILES string of the molecule is COc1ccc(NNC(=O)N[C@@H](Cc2ccccc2)C(=O)O)cc1. The van der Waals surface area contributed by atoms with E-state index in [1.54, 1.807) is 31.4 Å². The van der Waals surface area contributed by atoms with E-state index in [0.717, 1.165) is 5.56 Å². The Morgan fingerprint density at radius 2 is 1.75 bits per heavy atom. The van der Waals surface area contributed by atoms with Gasteiger partial charge in [-0.1, -0.05) is 30.3 Å². The lowest BCUT2D eigenvalue weighted by Gasteiger charge is -2.16. The summed E-state index contributed by atoms with van der Waals surface area (Å²) in [6.07, 6.45) is 0.201. The standard InChI is InChI=1S/C17H19N3O4/c1-24-14-9-7-13(8-10-14)19-20-17(23)18-15(16(21)22)11-12-5-3-2-4-6-12/h2-10,15,19H,11H2,1H3,(H,21,22)(H2,18,20,23)/t15-/m0/s1. The van der Waals surface area contributed by atoms with Crippen molar-refractivity contribution in [2.75, 3.05) is 12.5 Å². The molecule has 0 saturated carbocycles. The van der Waals surface area contributed by atoms with Gasteiger partial charge in [-0.2, -0.15) is 0 Å². The topological polar surface area (TPSA) is 99.7 Å². The second-order valence-electron chi connectivity index (χ2n) is 5.03. The average molecular weight is 329 g/mol. The van der Waals surface area contributed by atoms with Crippen LogP contribution in [0, 0.1) is 0 Å². The highest BCUT2D eigenvalue weighted by Gasteiger charge is 2.20. The first-order chi connectivity index (χ1) is 11.6. The fourth-order valence-corrected chi connectivity index (χ4v) is 2.05. The van der Waals surface area contributed by atoms with Gasteiger partial charge in [-0.05, 0) is 29.8 Å². The monoisotopic (exact) mass is 329 g/mol. The van der Waals surface area contributed by atoms with E-state index in [-0.39, 0.29) is 6.42 Å². The second kappa shape index (κ2) is 8.42. The molecular weight excluding hydrogens is 310 g/mol. The lowest BCUT2D eigenvalue weighted by atomic mass is 10.1. The smallest absolute Gasteiger partial charge is 0.334 e. The molecule has 7 heteroatoms. The molecule has 0 aliphatic carbocycles. The maximum atomic E-state index is 11.9. The first kappa shape index (κ1) is 17.1. The van der Waals surface area contributed by atoms with Gasteiger partial charge in [-0.15, -0.1) is 0 Å². The predicted octanol–water partition coefficient (Wildman–Crippen LogP) is 2.02. The number of rotatable bonds is 7. The minimum Gasteiger partial charge on any atom is -0.497 e. The summed E-state index contributed by atoms with van der Waals surface area (Å²) in [5, 5.41) is 11.7. The summed E-state index contributed by atoms with van der Waals surface area (Å²) in [5.74, 6) is -0.405. The van der Waals surface area contributed by atoms with E-state index in [1.807, 2.05) is 30.3 Å². The number of carbonyl (C=O) groups is 2. The zero-order valence-electron chi connectivity index (χ0n) is 13.2. The Balaban J connectivity index is 1.87. The van der Waals surface area contributed by atoms with E-state index in [2.05, 4.69) is 16.2 Å². The summed E-state index contributed by atoms with van der Waals surface area (Å²) in [6.45, 7) is 0. The van der Waals surface area contributed by atoms with Crippen molar-refractivity contribution in [3.05, 3.63) is 60.2 Å². The van der Waals surface area contributed by atoms with Crippen molar-refractivity contribution in [3.63, 3.8) is 0 Å². The van der Waals surface area contributed by atoms with Crippen LogP contribution < -0.4 is 20.9 Å². The van der Waals surface area contributed by atoms with Gasteiger partial charge in [0.1, 0.15) is 11.8 Å². The molecule has 1 atom stereocenters. The number of anilines is 1. The number of ether oxygens (including phenoxy) is 1. The van der Waals surface area contributed by atoms with Crippen LogP contribution in [-0.2, 0) is 11.2 Å². The molecule has 0 saturated heterocycles. The molecule has 126 valence electrons. The lowest BCUT2D eigenvalue weighted by molar-refractivity contribution is -0.139. The molecule has 0 radical (unpaired) electrons. The number of nitrogens with one attached hydrogen (secondary N) is 3. The number of benzene rings is 2. The van der Waals surface area contributed by atoms with Gasteiger partial charge >= 0.3 is 12.0 Å². The Morgan fingerprint density at radius 1 is 1.08 bits per heavy atom. The van der Waals surface area contributed by atoms with Crippen LogP contribution in [0.5, 0.6) is 5.75 Å². The van der Waals surface area contributed by atoms with Gasteiger partial charge in [0.15, 0.2) is 0 Å². The zero-order chi connectivity index (χ0) is 17.4. The molecule has 24 heavy (non-hydrogen) atoms. The summed E-state index contributed by atoms with van der Waals surface area (Å²) in [5.41, 5.74) is 6.56. The summed E-state index contributed by atoms with van der Waals surface area (Å²) in [7, 11) is 1.56. The van der Waals surface area contributed by atoms with Crippen LogP contribution in [0.1, 0.15) is 5.56 Å². The number of carboxylic acid groups (broad SMARTS) is 1. The summed E-state index contributed by atoms with van der Waals surface area (Å²) < 4.78 is 5.04. The molecule has 0 unspecified atom stereocenters. The van der Waals surface area contributed by atoms with Gasteiger partial charge < -0.3 is 15.2 Å². The minimum atomic E-state index is -1.10. The highest BCUT2D eigenvalue weighted by Crippen LogP contribution is 2.14. The molecule has 2 amide bonds. The Morgan fingerprint density at radius 3 is 2.33 bits per heavy atom. The fourth-order valence-electron chi connectivity index (χ4n) is 2.05. The quantitative estimate of drug-likeness (QED) is 0.582. The molecule has 2 rings (SSSR count). The molecule has 0 aliphatic heterocycles. The van der Waals surface area contributed by atoms with Gasteiger partial charge in [0.05, 0.1) is 12.8 Å². The number of hydrazine groups is 1. The van der Waals surface area contributed by atoms with E-state index in [9.17, 15) is 14.7 Å². The zero-order valence-corrected chi connectivity index (χ0v) is 13.2. The van der Waals surface area contributed by atoms with Crippen LogP contribution in [0.15, 0.2) is 54.6 Å². The molecule has 0 bridgehead atoms. The molecule has 0 aromatic heterocycles. The minimum absolute atomic E-state index is 0.201. The largest absolute Gasteiger partial charge is 0.497 e. The van der Waals surface area contributed by atoms with Crippen molar-refractivity contribution < 1.29 is 19.4 Å². The van der Waals surface area contributed by atoms with Gasteiger partial charge in [0.2, 0.25) is 0 Å². The first-order valence-corrected chi connectivity index (χ1v) is 7.32. The Kier molecular flexibility index (Phi) is 6.01. The van der Waals surface area contributed by atoms with E-state index >= 15 is 0 Å². The van der Waals surface area contributed by atoms with Crippen molar-refractivity contribution in [1.29, 1.82) is 0 Å². The number of aliphatic carboxylic acids is 1. The van der Waals surface area contributed by atoms with Crippen molar-refractivity contribution in [2.45, 2.75) is 12.5 Å². The Labute approximate surface area is 139 Å². The number of hydrogen-bond acceptors (Lipinski definition) is 4. The Hall–Kier alpha value is -3.22. The predicted molar refractivity (Wildman–Crippen MR) is 89.9 cm³/mol. The van der Waals surface area contributed by atoms with Crippen molar-refractivity contribution in [3.8, 4) is 5.75 Å². The number of amides is 2. The molecule has 7 nitrogen and oxygen atoms in total. The molecule has 0 spiro atoms. The molecule has 0 aliphatic rings. The van der Waals surface area contributed by atoms with Crippen molar-refractivity contribution in [2.24, 2.45) is 0 Å². The van der Waals surface area contributed by atoms with E-state index in [1.165, 1.54) is 0 Å². The van der Waals surface area contributed by atoms with E-state index in [4.69, 9.17) is 4.74 Å². The number of methoxy groups -OCH3 is 1. The van der Waals surface area contributed by atoms with Gasteiger partial charge in [0, 0.05) is 6.42 Å². The molecule has 0 heterocycles. The second-order valence-corrected chi connectivity index (χ2v) is 5.03. The number of carbonyl (C=O) groups excluding carboxylic acids is 1. The first-order valence-electron chi connectivity index (χ1n) is 7.32. The van der Waals surface area contributed by atoms with Gasteiger partial charge in [-0.25, -0.2) is 9.59 Å². The Bertz CT molecular complexity index is 674. The number of urea groups is 1. The molecule has 0 fully saturated rings. The third-order valence-corrected chi connectivity index (χ3v) is 3.30. The number of hydrogen-bond donors (Lipinski definition) is 4. The summed E-state index contributed by atoms with van der Waals surface area (Å²) in [4.78, 5) is 23.2.